The predicted octanol–water partition coefficient (Wildman–Crippen LogP) is 3.28. The number of methoxy groups -OCH3 is 2. The molecule has 0 saturated carbocycles. The third kappa shape index (κ3) is 5.03. The average molecular weight is 381 g/mol. The summed E-state index contributed by atoms with van der Waals surface area (Å²) in [6.07, 6.45) is 3.94. The molecule has 28 heavy (non-hydrogen) atoms. The maximum Gasteiger partial charge on any atom is 0.269 e. The number of furan rings is 1. The summed E-state index contributed by atoms with van der Waals surface area (Å²) in [4.78, 5) is 16.5. The Morgan fingerprint density at radius 3 is 2.64 bits per heavy atom. The van der Waals surface area contributed by atoms with E-state index < -0.39 is 0 Å². The van der Waals surface area contributed by atoms with Crippen LogP contribution in [0.2, 0.25) is 0 Å². The highest BCUT2D eigenvalue weighted by atomic mass is 16.5. The van der Waals surface area contributed by atoms with Crippen molar-refractivity contribution in [2.24, 2.45) is 0 Å². The lowest BCUT2D eigenvalue weighted by Gasteiger charge is -2.10. The second kappa shape index (κ2) is 9.45. The van der Waals surface area contributed by atoms with Crippen molar-refractivity contribution in [3.8, 4) is 11.5 Å². The molecule has 0 bridgehead atoms. The molecule has 3 aromatic rings. The molecule has 0 saturated heterocycles. The maximum atomic E-state index is 12.3. The van der Waals surface area contributed by atoms with Crippen LogP contribution in [0.25, 0.3) is 0 Å². The third-order valence-corrected chi connectivity index (χ3v) is 4.19. The molecule has 7 heteroatoms. The number of nitrogens with zero attached hydrogens (tertiary/aromatic N) is 1. The van der Waals surface area contributed by atoms with Crippen LogP contribution in [0.5, 0.6) is 11.5 Å². The van der Waals surface area contributed by atoms with Gasteiger partial charge in [0.1, 0.15) is 11.5 Å². The van der Waals surface area contributed by atoms with E-state index in [0.29, 0.717) is 36.7 Å². The molecule has 0 spiro atoms. The highest BCUT2D eigenvalue weighted by molar-refractivity contribution is 5.92. The van der Waals surface area contributed by atoms with Gasteiger partial charge in [0.2, 0.25) is 0 Å². The van der Waals surface area contributed by atoms with Crippen LogP contribution in [0.15, 0.2) is 59.3 Å². The number of carbonyl (C=O) groups excluding carboxylic acids is 1. The standard InChI is InChI=1S/C21H23N3O4/c1-26-19-8-5-15(12-20(19)27-2)9-10-22-21(25)18-7-6-16(13-24-18)23-14-17-4-3-11-28-17/h3-8,11-13,23H,9-10,14H2,1-2H3,(H,22,25). The molecule has 2 heterocycles. The van der Waals surface area contributed by atoms with E-state index in [-0.39, 0.29) is 5.91 Å². The van der Waals surface area contributed by atoms with Gasteiger partial charge in [-0.2, -0.15) is 0 Å². The second-order valence-corrected chi connectivity index (χ2v) is 6.06. The van der Waals surface area contributed by atoms with Gasteiger partial charge in [-0.15, -0.1) is 0 Å². The lowest BCUT2D eigenvalue weighted by molar-refractivity contribution is 0.0949. The summed E-state index contributed by atoms with van der Waals surface area (Å²) in [7, 11) is 3.20. The van der Waals surface area contributed by atoms with Crippen molar-refractivity contribution >= 4 is 11.6 Å². The van der Waals surface area contributed by atoms with Gasteiger partial charge < -0.3 is 24.5 Å². The van der Waals surface area contributed by atoms with Gasteiger partial charge in [0.25, 0.3) is 5.91 Å². The SMILES string of the molecule is COc1ccc(CCNC(=O)c2ccc(NCc3ccco3)cn2)cc1OC. The van der Waals surface area contributed by atoms with Gasteiger partial charge in [-0.3, -0.25) is 4.79 Å². The molecular weight excluding hydrogens is 358 g/mol. The maximum absolute atomic E-state index is 12.3. The molecule has 0 unspecified atom stereocenters. The van der Waals surface area contributed by atoms with Crippen LogP contribution in [-0.4, -0.2) is 31.7 Å². The number of rotatable bonds is 9. The van der Waals surface area contributed by atoms with Gasteiger partial charge in [0, 0.05) is 6.54 Å². The van der Waals surface area contributed by atoms with Crippen LogP contribution in [0.1, 0.15) is 21.8 Å². The minimum absolute atomic E-state index is 0.210. The number of amides is 1. The van der Waals surface area contributed by atoms with E-state index in [9.17, 15) is 4.79 Å². The van der Waals surface area contributed by atoms with Gasteiger partial charge in [0.15, 0.2) is 11.5 Å². The summed E-state index contributed by atoms with van der Waals surface area (Å²) in [5, 5.41) is 6.07. The largest absolute Gasteiger partial charge is 0.493 e. The van der Waals surface area contributed by atoms with E-state index in [2.05, 4.69) is 15.6 Å². The fourth-order valence-electron chi connectivity index (χ4n) is 2.68. The van der Waals surface area contributed by atoms with Crippen LogP contribution in [0.3, 0.4) is 0 Å². The Labute approximate surface area is 163 Å². The van der Waals surface area contributed by atoms with Crippen LogP contribution >= 0.6 is 0 Å². The normalized spacial score (nSPS) is 10.4. The first kappa shape index (κ1) is 19.3. The van der Waals surface area contributed by atoms with Gasteiger partial charge in [0.05, 0.1) is 38.9 Å². The third-order valence-electron chi connectivity index (χ3n) is 4.19. The molecule has 0 aliphatic rings. The van der Waals surface area contributed by atoms with Crippen molar-refractivity contribution in [1.29, 1.82) is 0 Å². The Bertz CT molecular complexity index is 893. The molecule has 1 aromatic carbocycles. The zero-order valence-corrected chi connectivity index (χ0v) is 15.9. The van der Waals surface area contributed by atoms with Crippen molar-refractivity contribution < 1.29 is 18.7 Å². The first-order valence-electron chi connectivity index (χ1n) is 8.91. The van der Waals surface area contributed by atoms with Crippen molar-refractivity contribution in [2.45, 2.75) is 13.0 Å². The first-order chi connectivity index (χ1) is 13.7. The summed E-state index contributed by atoms with van der Waals surface area (Å²) in [5.41, 5.74) is 2.23. The monoisotopic (exact) mass is 381 g/mol. The smallest absolute Gasteiger partial charge is 0.269 e. The summed E-state index contributed by atoms with van der Waals surface area (Å²) in [5.74, 6) is 1.97. The molecule has 3 rings (SSSR count). The fraction of sp³-hybridized carbons (Fsp3) is 0.238. The number of hydrogen-bond donors (Lipinski definition) is 2. The lowest BCUT2D eigenvalue weighted by Crippen LogP contribution is -2.26. The Hall–Kier alpha value is -3.48. The Morgan fingerprint density at radius 1 is 1.11 bits per heavy atom. The Kier molecular flexibility index (Phi) is 6.51. The predicted molar refractivity (Wildman–Crippen MR) is 106 cm³/mol. The number of benzene rings is 1. The summed E-state index contributed by atoms with van der Waals surface area (Å²) < 4.78 is 15.8. The van der Waals surface area contributed by atoms with Crippen molar-refractivity contribution in [3.05, 3.63) is 71.9 Å². The molecular formula is C21H23N3O4. The van der Waals surface area contributed by atoms with Gasteiger partial charge >= 0.3 is 0 Å². The number of hydrogen-bond acceptors (Lipinski definition) is 6. The number of anilines is 1. The molecule has 0 radical (unpaired) electrons. The highest BCUT2D eigenvalue weighted by Gasteiger charge is 2.08. The molecule has 0 aliphatic carbocycles. The van der Waals surface area contributed by atoms with E-state index in [1.807, 2.05) is 36.4 Å². The van der Waals surface area contributed by atoms with Gasteiger partial charge in [-0.05, 0) is 48.4 Å². The quantitative estimate of drug-likeness (QED) is 0.592. The molecule has 2 N–H and O–H groups in total. The fourth-order valence-corrected chi connectivity index (χ4v) is 2.68. The van der Waals surface area contributed by atoms with Crippen LogP contribution < -0.4 is 20.1 Å². The van der Waals surface area contributed by atoms with Crippen LogP contribution in [0.4, 0.5) is 5.69 Å². The summed E-state index contributed by atoms with van der Waals surface area (Å²) in [6.45, 7) is 1.06. The highest BCUT2D eigenvalue weighted by Crippen LogP contribution is 2.27. The molecule has 0 atom stereocenters. The molecule has 0 aliphatic heterocycles. The molecule has 7 nitrogen and oxygen atoms in total. The molecule has 146 valence electrons. The zero-order chi connectivity index (χ0) is 19.8. The van der Waals surface area contributed by atoms with Crippen molar-refractivity contribution in [3.63, 3.8) is 0 Å². The Morgan fingerprint density at radius 2 is 1.96 bits per heavy atom. The number of pyridine rings is 1. The van der Waals surface area contributed by atoms with E-state index in [4.69, 9.17) is 13.9 Å². The molecule has 2 aromatic heterocycles. The Balaban J connectivity index is 1.48. The summed E-state index contributed by atoms with van der Waals surface area (Å²) >= 11 is 0. The number of ether oxygens (including phenoxy) is 2. The van der Waals surface area contributed by atoms with E-state index in [0.717, 1.165) is 17.0 Å². The van der Waals surface area contributed by atoms with Crippen LogP contribution in [-0.2, 0) is 13.0 Å². The van der Waals surface area contributed by atoms with E-state index >= 15 is 0 Å². The van der Waals surface area contributed by atoms with Gasteiger partial charge in [-0.1, -0.05) is 6.07 Å². The second-order valence-electron chi connectivity index (χ2n) is 6.06. The minimum atomic E-state index is -0.210. The number of carbonyl (C=O) groups is 1. The topological polar surface area (TPSA) is 85.6 Å². The van der Waals surface area contributed by atoms with E-state index in [1.165, 1.54) is 0 Å². The molecule has 0 fully saturated rings. The number of aromatic nitrogens is 1. The molecule has 1 amide bonds. The zero-order valence-electron chi connectivity index (χ0n) is 15.9. The van der Waals surface area contributed by atoms with Crippen LogP contribution in [0, 0.1) is 0 Å². The van der Waals surface area contributed by atoms with Crippen molar-refractivity contribution in [2.75, 3.05) is 26.1 Å². The number of nitrogens with one attached hydrogen (secondary N) is 2. The van der Waals surface area contributed by atoms with E-state index in [1.54, 1.807) is 32.7 Å². The summed E-state index contributed by atoms with van der Waals surface area (Å²) in [6, 6.07) is 12.9. The lowest BCUT2D eigenvalue weighted by atomic mass is 10.1. The first-order valence-corrected chi connectivity index (χ1v) is 8.91. The minimum Gasteiger partial charge on any atom is -0.493 e. The average Bonchev–Trinajstić information content (AvgIpc) is 3.26. The van der Waals surface area contributed by atoms with Gasteiger partial charge in [-0.25, -0.2) is 4.98 Å². The van der Waals surface area contributed by atoms with Crippen molar-refractivity contribution in [1.82, 2.24) is 10.3 Å².